The molecular weight excluding hydrogens is 280 g/mol. The monoisotopic (exact) mass is 294 g/mol. The minimum Gasteiger partial charge on any atom is -0.424 e. The second-order valence-electron chi connectivity index (χ2n) is 5.12. The summed E-state index contributed by atoms with van der Waals surface area (Å²) in [4.78, 5) is 9.76. The molecule has 0 fully saturated rings. The molecule has 104 valence electrons. The molecule has 0 amide bonds. The Balaban J connectivity index is 1.55. The van der Waals surface area contributed by atoms with Crippen LogP contribution in [0.2, 0.25) is 0 Å². The van der Waals surface area contributed by atoms with E-state index in [0.717, 1.165) is 17.7 Å². The maximum atomic E-state index is 5.76. The van der Waals surface area contributed by atoms with Crippen molar-refractivity contribution in [2.45, 2.75) is 19.3 Å². The van der Waals surface area contributed by atoms with E-state index in [1.165, 1.54) is 28.8 Å². The third-order valence-corrected chi connectivity index (χ3v) is 4.63. The summed E-state index contributed by atoms with van der Waals surface area (Å²) in [6.45, 7) is 0. The number of hydrogen-bond donors (Lipinski definition) is 0. The van der Waals surface area contributed by atoms with E-state index in [1.807, 2.05) is 29.9 Å². The van der Waals surface area contributed by atoms with Crippen LogP contribution in [0.5, 0.6) is 11.8 Å². The molecule has 4 heteroatoms. The minimum absolute atomic E-state index is 0.397. The number of fused-ring (bicyclic) bond motifs is 1. The number of aromatic nitrogens is 2. The van der Waals surface area contributed by atoms with Crippen molar-refractivity contribution in [3.05, 3.63) is 59.2 Å². The van der Waals surface area contributed by atoms with E-state index in [0.29, 0.717) is 6.01 Å². The standard InChI is InChI=1S/C17H14N2OS/c1-3-12-6-7-15(9-13(12)4-1)20-17-18-10-14(11-19-17)16-5-2-8-21-16/h2,5-11H,1,3-4H2. The predicted molar refractivity (Wildman–Crippen MR) is 83.9 cm³/mol. The van der Waals surface area contributed by atoms with Crippen molar-refractivity contribution in [3.63, 3.8) is 0 Å². The van der Waals surface area contributed by atoms with Crippen molar-refractivity contribution >= 4 is 11.3 Å². The molecule has 0 unspecified atom stereocenters. The summed E-state index contributed by atoms with van der Waals surface area (Å²) in [5, 5.41) is 2.05. The van der Waals surface area contributed by atoms with Gasteiger partial charge in [0, 0.05) is 22.8 Å². The van der Waals surface area contributed by atoms with Gasteiger partial charge in [-0.25, -0.2) is 9.97 Å². The van der Waals surface area contributed by atoms with Gasteiger partial charge in [0.25, 0.3) is 0 Å². The van der Waals surface area contributed by atoms with Crippen LogP contribution in [0.1, 0.15) is 17.5 Å². The number of ether oxygens (including phenoxy) is 1. The van der Waals surface area contributed by atoms with Crippen LogP contribution in [-0.4, -0.2) is 9.97 Å². The Kier molecular flexibility index (Phi) is 3.16. The number of hydrogen-bond acceptors (Lipinski definition) is 4. The molecule has 21 heavy (non-hydrogen) atoms. The summed E-state index contributed by atoms with van der Waals surface area (Å²) >= 11 is 1.68. The van der Waals surface area contributed by atoms with Crippen LogP contribution in [0.4, 0.5) is 0 Å². The van der Waals surface area contributed by atoms with Crippen molar-refractivity contribution < 1.29 is 4.74 Å². The van der Waals surface area contributed by atoms with Gasteiger partial charge in [0.15, 0.2) is 0 Å². The van der Waals surface area contributed by atoms with Crippen LogP contribution in [0.15, 0.2) is 48.1 Å². The summed E-state index contributed by atoms with van der Waals surface area (Å²) in [5.41, 5.74) is 3.85. The molecule has 1 aliphatic carbocycles. The predicted octanol–water partition coefficient (Wildman–Crippen LogP) is 4.49. The van der Waals surface area contributed by atoms with E-state index in [-0.39, 0.29) is 0 Å². The summed E-state index contributed by atoms with van der Waals surface area (Å²) in [5.74, 6) is 0.819. The molecule has 0 radical (unpaired) electrons. The first-order valence-electron chi connectivity index (χ1n) is 7.04. The van der Waals surface area contributed by atoms with E-state index in [9.17, 15) is 0 Å². The van der Waals surface area contributed by atoms with Gasteiger partial charge in [-0.15, -0.1) is 11.3 Å². The maximum absolute atomic E-state index is 5.76. The van der Waals surface area contributed by atoms with Crippen molar-refractivity contribution in [3.8, 4) is 22.2 Å². The molecule has 0 saturated carbocycles. The molecule has 4 rings (SSSR count). The van der Waals surface area contributed by atoms with E-state index in [2.05, 4.69) is 28.2 Å². The number of rotatable bonds is 3. The second kappa shape index (κ2) is 5.30. The van der Waals surface area contributed by atoms with Gasteiger partial charge in [0.05, 0.1) is 0 Å². The molecule has 0 bridgehead atoms. The fraction of sp³-hybridized carbons (Fsp3) is 0.176. The van der Waals surface area contributed by atoms with Gasteiger partial charge in [-0.1, -0.05) is 12.1 Å². The first-order chi connectivity index (χ1) is 10.4. The van der Waals surface area contributed by atoms with Crippen molar-refractivity contribution in [1.29, 1.82) is 0 Å². The first-order valence-corrected chi connectivity index (χ1v) is 7.92. The normalized spacial score (nSPS) is 13.1. The zero-order valence-electron chi connectivity index (χ0n) is 11.5. The first kappa shape index (κ1) is 12.5. The lowest BCUT2D eigenvalue weighted by molar-refractivity contribution is 0.441. The highest BCUT2D eigenvalue weighted by molar-refractivity contribution is 7.13. The molecule has 0 N–H and O–H groups in total. The van der Waals surface area contributed by atoms with Gasteiger partial charge in [0.1, 0.15) is 5.75 Å². The number of nitrogens with zero attached hydrogens (tertiary/aromatic N) is 2. The largest absolute Gasteiger partial charge is 0.424 e. The van der Waals surface area contributed by atoms with Gasteiger partial charge < -0.3 is 4.74 Å². The Morgan fingerprint density at radius 3 is 2.67 bits per heavy atom. The molecule has 0 spiro atoms. The highest BCUT2D eigenvalue weighted by atomic mass is 32.1. The average Bonchev–Trinajstić information content (AvgIpc) is 3.19. The molecule has 2 heterocycles. The van der Waals surface area contributed by atoms with Gasteiger partial charge in [0.2, 0.25) is 0 Å². The SMILES string of the molecule is c1csc(-c2cnc(Oc3ccc4c(c3)CCC4)nc2)c1. The lowest BCUT2D eigenvalue weighted by Gasteiger charge is -2.06. The Hall–Kier alpha value is -2.20. The molecule has 0 atom stereocenters. The van der Waals surface area contributed by atoms with E-state index >= 15 is 0 Å². The van der Waals surface area contributed by atoms with E-state index < -0.39 is 0 Å². The van der Waals surface area contributed by atoms with E-state index in [1.54, 1.807) is 11.3 Å². The number of aryl methyl sites for hydroxylation is 2. The summed E-state index contributed by atoms with van der Waals surface area (Å²) < 4.78 is 5.76. The number of thiophene rings is 1. The molecule has 1 aliphatic rings. The van der Waals surface area contributed by atoms with Gasteiger partial charge in [-0.05, 0) is 54.0 Å². The topological polar surface area (TPSA) is 35.0 Å². The molecule has 0 aliphatic heterocycles. The third-order valence-electron chi connectivity index (χ3n) is 3.71. The van der Waals surface area contributed by atoms with Crippen molar-refractivity contribution in [2.75, 3.05) is 0 Å². The van der Waals surface area contributed by atoms with Crippen LogP contribution in [0.25, 0.3) is 10.4 Å². The van der Waals surface area contributed by atoms with Crippen LogP contribution < -0.4 is 4.74 Å². The molecule has 3 aromatic rings. The summed E-state index contributed by atoms with van der Waals surface area (Å²) in [7, 11) is 0. The van der Waals surface area contributed by atoms with Crippen LogP contribution >= 0.6 is 11.3 Å². The molecule has 0 saturated heterocycles. The lowest BCUT2D eigenvalue weighted by atomic mass is 10.1. The quantitative estimate of drug-likeness (QED) is 0.714. The van der Waals surface area contributed by atoms with Gasteiger partial charge in [-0.2, -0.15) is 0 Å². The fourth-order valence-corrected chi connectivity index (χ4v) is 3.36. The molecular formula is C17H14N2OS. The van der Waals surface area contributed by atoms with Crippen molar-refractivity contribution in [1.82, 2.24) is 9.97 Å². The smallest absolute Gasteiger partial charge is 0.321 e. The second-order valence-corrected chi connectivity index (χ2v) is 6.07. The zero-order chi connectivity index (χ0) is 14.1. The Bertz CT molecular complexity index is 751. The Labute approximate surface area is 127 Å². The zero-order valence-corrected chi connectivity index (χ0v) is 12.3. The molecule has 2 aromatic heterocycles. The van der Waals surface area contributed by atoms with Gasteiger partial charge in [-0.3, -0.25) is 0 Å². The lowest BCUT2D eigenvalue weighted by Crippen LogP contribution is -1.93. The average molecular weight is 294 g/mol. The highest BCUT2D eigenvalue weighted by Crippen LogP contribution is 2.28. The van der Waals surface area contributed by atoms with Crippen molar-refractivity contribution in [2.24, 2.45) is 0 Å². The Morgan fingerprint density at radius 1 is 1.00 bits per heavy atom. The molecule has 1 aromatic carbocycles. The fourth-order valence-electron chi connectivity index (χ4n) is 2.66. The van der Waals surface area contributed by atoms with Crippen LogP contribution in [-0.2, 0) is 12.8 Å². The van der Waals surface area contributed by atoms with E-state index in [4.69, 9.17) is 4.74 Å². The number of benzene rings is 1. The van der Waals surface area contributed by atoms with Crippen LogP contribution in [0, 0.1) is 0 Å². The molecule has 3 nitrogen and oxygen atoms in total. The maximum Gasteiger partial charge on any atom is 0.321 e. The summed E-state index contributed by atoms with van der Waals surface area (Å²) in [6.07, 6.45) is 7.18. The minimum atomic E-state index is 0.397. The highest BCUT2D eigenvalue weighted by Gasteiger charge is 2.12. The summed E-state index contributed by atoms with van der Waals surface area (Å²) in [6, 6.07) is 10.7. The van der Waals surface area contributed by atoms with Gasteiger partial charge >= 0.3 is 6.01 Å². The Morgan fingerprint density at radius 2 is 1.86 bits per heavy atom. The van der Waals surface area contributed by atoms with Crippen LogP contribution in [0.3, 0.4) is 0 Å². The third kappa shape index (κ3) is 2.54.